The Balaban J connectivity index is 2.65. The molecule has 102 valence electrons. The molecule has 0 aliphatic heterocycles. The number of aromatic nitrogens is 2. The highest BCUT2D eigenvalue weighted by atomic mass is 15.1. The van der Waals surface area contributed by atoms with Gasteiger partial charge in [0.15, 0.2) is 0 Å². The number of anilines is 1. The predicted octanol–water partition coefficient (Wildman–Crippen LogP) is 2.60. The van der Waals surface area contributed by atoms with Crippen molar-refractivity contribution in [2.75, 3.05) is 26.0 Å². The summed E-state index contributed by atoms with van der Waals surface area (Å²) in [5, 5.41) is 3.41. The minimum absolute atomic E-state index is 0.434. The Labute approximate surface area is 111 Å². The van der Waals surface area contributed by atoms with Gasteiger partial charge in [0.1, 0.15) is 12.1 Å². The van der Waals surface area contributed by atoms with E-state index >= 15 is 0 Å². The highest BCUT2D eigenvalue weighted by Crippen LogP contribution is 2.14. The van der Waals surface area contributed by atoms with Gasteiger partial charge in [0.25, 0.3) is 0 Å². The lowest BCUT2D eigenvalue weighted by Crippen LogP contribution is -2.38. The zero-order chi connectivity index (χ0) is 13.7. The molecule has 1 N–H and O–H groups in total. The molecule has 4 nitrogen and oxygen atoms in total. The summed E-state index contributed by atoms with van der Waals surface area (Å²) in [5.74, 6) is 1.96. The number of likely N-dealkylation sites (N-methyl/N-ethyl adjacent to an activating group) is 1. The average Bonchev–Trinajstić information content (AvgIpc) is 2.28. The number of nitrogens with zero attached hydrogens (tertiary/aromatic N) is 3. The predicted molar refractivity (Wildman–Crippen MR) is 76.9 cm³/mol. The van der Waals surface area contributed by atoms with Crippen LogP contribution in [0.1, 0.15) is 39.3 Å². The first kappa shape index (κ1) is 14.9. The molecule has 0 spiro atoms. The summed E-state index contributed by atoms with van der Waals surface area (Å²) in [6.45, 7) is 9.67. The third-order valence-corrected chi connectivity index (χ3v) is 3.20. The molecular formula is C14H26N4. The summed E-state index contributed by atoms with van der Waals surface area (Å²) in [4.78, 5) is 10.8. The molecule has 0 unspecified atom stereocenters. The van der Waals surface area contributed by atoms with E-state index in [1.807, 2.05) is 6.07 Å². The van der Waals surface area contributed by atoms with E-state index < -0.39 is 0 Å². The van der Waals surface area contributed by atoms with Crippen molar-refractivity contribution in [1.82, 2.24) is 14.9 Å². The van der Waals surface area contributed by atoms with E-state index in [1.54, 1.807) is 6.33 Å². The van der Waals surface area contributed by atoms with Gasteiger partial charge in [-0.1, -0.05) is 27.7 Å². The van der Waals surface area contributed by atoms with Gasteiger partial charge in [-0.25, -0.2) is 9.97 Å². The van der Waals surface area contributed by atoms with Gasteiger partial charge in [0, 0.05) is 24.3 Å². The van der Waals surface area contributed by atoms with E-state index in [1.165, 1.54) is 0 Å². The van der Waals surface area contributed by atoms with E-state index in [-0.39, 0.29) is 0 Å². The Hall–Kier alpha value is -1.16. The molecular weight excluding hydrogens is 224 g/mol. The Morgan fingerprint density at radius 3 is 2.33 bits per heavy atom. The van der Waals surface area contributed by atoms with Crippen LogP contribution in [0.3, 0.4) is 0 Å². The Kier molecular flexibility index (Phi) is 5.54. The van der Waals surface area contributed by atoms with Crippen LogP contribution in [-0.4, -0.2) is 41.5 Å². The van der Waals surface area contributed by atoms with Crippen LogP contribution < -0.4 is 5.32 Å². The van der Waals surface area contributed by atoms with E-state index in [2.05, 4.69) is 62.0 Å². The first-order valence-corrected chi connectivity index (χ1v) is 6.64. The van der Waals surface area contributed by atoms with E-state index in [0.717, 1.165) is 18.1 Å². The molecule has 0 amide bonds. The van der Waals surface area contributed by atoms with Crippen LogP contribution in [0.5, 0.6) is 0 Å². The molecule has 1 heterocycles. The molecule has 4 heteroatoms. The molecule has 0 saturated carbocycles. The number of rotatable bonds is 6. The molecule has 0 radical (unpaired) electrons. The smallest absolute Gasteiger partial charge is 0.129 e. The lowest BCUT2D eigenvalue weighted by atomic mass is 10.0. The van der Waals surface area contributed by atoms with Crippen LogP contribution in [0.4, 0.5) is 5.82 Å². The van der Waals surface area contributed by atoms with Crippen LogP contribution in [0.15, 0.2) is 12.4 Å². The second-order valence-corrected chi connectivity index (χ2v) is 5.64. The largest absolute Gasteiger partial charge is 0.368 e. The summed E-state index contributed by atoms with van der Waals surface area (Å²) in [6.07, 6.45) is 1.64. The summed E-state index contributed by atoms with van der Waals surface area (Å²) in [5.41, 5.74) is 1.08. The van der Waals surface area contributed by atoms with Gasteiger partial charge in [-0.05, 0) is 25.9 Å². The van der Waals surface area contributed by atoms with Gasteiger partial charge >= 0.3 is 0 Å². The van der Waals surface area contributed by atoms with Crippen LogP contribution in [0.25, 0.3) is 0 Å². The fourth-order valence-electron chi connectivity index (χ4n) is 2.01. The molecule has 1 atom stereocenters. The van der Waals surface area contributed by atoms with Gasteiger partial charge in [0.2, 0.25) is 0 Å². The summed E-state index contributed by atoms with van der Waals surface area (Å²) in [6, 6.07) is 2.54. The Morgan fingerprint density at radius 2 is 1.83 bits per heavy atom. The van der Waals surface area contributed by atoms with Crippen molar-refractivity contribution in [2.45, 2.75) is 39.7 Å². The summed E-state index contributed by atoms with van der Waals surface area (Å²) in [7, 11) is 4.23. The number of hydrogen-bond donors (Lipinski definition) is 1. The van der Waals surface area contributed by atoms with E-state index in [9.17, 15) is 0 Å². The second kappa shape index (κ2) is 6.69. The third kappa shape index (κ3) is 4.26. The summed E-state index contributed by atoms with van der Waals surface area (Å²) < 4.78 is 0. The van der Waals surface area contributed by atoms with Gasteiger partial charge in [0.05, 0.1) is 0 Å². The van der Waals surface area contributed by atoms with Crippen molar-refractivity contribution in [3.8, 4) is 0 Å². The molecule has 0 aromatic carbocycles. The van der Waals surface area contributed by atoms with Crippen molar-refractivity contribution in [3.05, 3.63) is 18.1 Å². The molecule has 0 aliphatic carbocycles. The van der Waals surface area contributed by atoms with Crippen LogP contribution >= 0.6 is 0 Å². The van der Waals surface area contributed by atoms with E-state index in [4.69, 9.17) is 0 Å². The third-order valence-electron chi connectivity index (χ3n) is 3.20. The molecule has 0 saturated heterocycles. The first-order chi connectivity index (χ1) is 8.41. The Morgan fingerprint density at radius 1 is 1.17 bits per heavy atom. The van der Waals surface area contributed by atoms with Crippen molar-refractivity contribution in [2.24, 2.45) is 5.92 Å². The molecule has 1 aromatic rings. The van der Waals surface area contributed by atoms with Gasteiger partial charge < -0.3 is 10.2 Å². The average molecular weight is 250 g/mol. The zero-order valence-corrected chi connectivity index (χ0v) is 12.4. The standard InChI is InChI=1S/C14H26N4/c1-10(2)12-7-14(17-9-16-12)15-8-13(11(3)4)18(5)6/h7,9-11,13H,8H2,1-6H3,(H,15,16,17)/t13-/m0/s1. The minimum Gasteiger partial charge on any atom is -0.368 e. The first-order valence-electron chi connectivity index (χ1n) is 6.64. The SMILES string of the molecule is CC(C)c1cc(NC[C@@H](C(C)C)N(C)C)ncn1. The second-order valence-electron chi connectivity index (χ2n) is 5.64. The van der Waals surface area contributed by atoms with Crippen LogP contribution in [0, 0.1) is 5.92 Å². The van der Waals surface area contributed by atoms with Crippen LogP contribution in [0.2, 0.25) is 0 Å². The van der Waals surface area contributed by atoms with Gasteiger partial charge in [-0.15, -0.1) is 0 Å². The molecule has 0 aliphatic rings. The van der Waals surface area contributed by atoms with E-state index in [0.29, 0.717) is 17.9 Å². The van der Waals surface area contributed by atoms with Crippen molar-refractivity contribution < 1.29 is 0 Å². The number of hydrogen-bond acceptors (Lipinski definition) is 4. The fraction of sp³-hybridized carbons (Fsp3) is 0.714. The molecule has 18 heavy (non-hydrogen) atoms. The van der Waals surface area contributed by atoms with Gasteiger partial charge in [-0.2, -0.15) is 0 Å². The maximum absolute atomic E-state index is 4.27. The Bertz CT molecular complexity index is 353. The number of nitrogens with one attached hydrogen (secondary N) is 1. The maximum atomic E-state index is 4.27. The normalized spacial score (nSPS) is 13.4. The maximum Gasteiger partial charge on any atom is 0.129 e. The monoisotopic (exact) mass is 250 g/mol. The van der Waals surface area contributed by atoms with Crippen molar-refractivity contribution in [3.63, 3.8) is 0 Å². The summed E-state index contributed by atoms with van der Waals surface area (Å²) >= 11 is 0. The molecule has 1 aromatic heterocycles. The topological polar surface area (TPSA) is 41.0 Å². The quantitative estimate of drug-likeness (QED) is 0.842. The molecule has 0 fully saturated rings. The fourth-order valence-corrected chi connectivity index (χ4v) is 2.01. The van der Waals surface area contributed by atoms with Crippen LogP contribution in [-0.2, 0) is 0 Å². The lowest BCUT2D eigenvalue weighted by molar-refractivity contribution is 0.243. The van der Waals surface area contributed by atoms with Crippen molar-refractivity contribution in [1.29, 1.82) is 0 Å². The lowest BCUT2D eigenvalue weighted by Gasteiger charge is -2.28. The minimum atomic E-state index is 0.434. The highest BCUT2D eigenvalue weighted by Gasteiger charge is 2.15. The van der Waals surface area contributed by atoms with Crippen molar-refractivity contribution >= 4 is 5.82 Å². The van der Waals surface area contributed by atoms with Gasteiger partial charge in [-0.3, -0.25) is 0 Å². The molecule has 0 bridgehead atoms. The zero-order valence-electron chi connectivity index (χ0n) is 12.4. The molecule has 1 rings (SSSR count). The highest BCUT2D eigenvalue weighted by molar-refractivity contribution is 5.35.